The summed E-state index contributed by atoms with van der Waals surface area (Å²) in [6.07, 6.45) is 2.45. The Hall–Kier alpha value is -2.50. The molecule has 150 valence electrons. The lowest BCUT2D eigenvalue weighted by Crippen LogP contribution is -2.55. The Bertz CT molecular complexity index is 1030. The molecule has 0 spiro atoms. The van der Waals surface area contributed by atoms with E-state index in [9.17, 15) is 9.18 Å². The van der Waals surface area contributed by atoms with Gasteiger partial charge in [-0.2, -0.15) is 0 Å². The first-order chi connectivity index (χ1) is 14.2. The first kappa shape index (κ1) is 18.5. The highest BCUT2D eigenvalue weighted by atomic mass is 19.1. The van der Waals surface area contributed by atoms with Crippen LogP contribution in [0.2, 0.25) is 0 Å². The summed E-state index contributed by atoms with van der Waals surface area (Å²) in [5, 5.41) is 1.36. The van der Waals surface area contributed by atoms with Crippen LogP contribution >= 0.6 is 0 Å². The van der Waals surface area contributed by atoms with Gasteiger partial charge in [0.1, 0.15) is 5.82 Å². The van der Waals surface area contributed by atoms with Gasteiger partial charge in [-0.25, -0.2) is 4.39 Å². The number of carbonyl (C=O) groups excluding carboxylic acids is 1. The lowest BCUT2D eigenvalue weighted by atomic mass is 9.94. The Labute approximate surface area is 170 Å². The maximum absolute atomic E-state index is 13.0. The van der Waals surface area contributed by atoms with Crippen molar-refractivity contribution in [2.45, 2.75) is 31.8 Å². The zero-order chi connectivity index (χ0) is 19.8. The number of fused-ring (bicyclic) bond motifs is 4. The zero-order valence-electron chi connectivity index (χ0n) is 16.5. The molecular weight excluding hydrogens is 365 g/mol. The normalized spacial score (nSPS) is 19.8. The molecule has 5 rings (SSSR count). The molecule has 2 aromatic carbocycles. The van der Waals surface area contributed by atoms with Crippen molar-refractivity contribution in [2.75, 3.05) is 26.2 Å². The third-order valence-electron chi connectivity index (χ3n) is 6.44. The van der Waals surface area contributed by atoms with Crippen LogP contribution < -0.4 is 0 Å². The second-order valence-corrected chi connectivity index (χ2v) is 8.29. The van der Waals surface area contributed by atoms with Crippen molar-refractivity contribution >= 4 is 16.7 Å². The molecule has 3 aromatic rings. The van der Waals surface area contributed by atoms with E-state index in [2.05, 4.69) is 39.0 Å². The molecule has 0 amide bonds. The van der Waals surface area contributed by atoms with Crippen molar-refractivity contribution in [3.63, 3.8) is 0 Å². The average molecular weight is 391 g/mol. The van der Waals surface area contributed by atoms with E-state index >= 15 is 0 Å². The second-order valence-electron chi connectivity index (χ2n) is 8.29. The molecule has 29 heavy (non-hydrogen) atoms. The van der Waals surface area contributed by atoms with Crippen LogP contribution in [-0.4, -0.2) is 52.8 Å². The maximum atomic E-state index is 13.0. The molecule has 4 nitrogen and oxygen atoms in total. The SMILES string of the molecule is O=C(CCCN1CCN2Cc3[nH]c4ccccc4c3CC2C1)c1ccc(F)cc1. The van der Waals surface area contributed by atoms with Crippen LogP contribution in [0.5, 0.6) is 0 Å². The number of hydrogen-bond donors (Lipinski definition) is 1. The molecule has 1 fully saturated rings. The lowest BCUT2D eigenvalue weighted by Gasteiger charge is -2.44. The molecule has 0 aliphatic carbocycles. The number of rotatable bonds is 5. The van der Waals surface area contributed by atoms with Gasteiger partial charge in [-0.15, -0.1) is 0 Å². The number of halogens is 1. The fourth-order valence-electron chi connectivity index (χ4n) is 4.87. The molecular formula is C24H26FN3O. The summed E-state index contributed by atoms with van der Waals surface area (Å²) in [4.78, 5) is 21.0. The maximum Gasteiger partial charge on any atom is 0.162 e. The quantitative estimate of drug-likeness (QED) is 0.668. The van der Waals surface area contributed by atoms with E-state index in [0.29, 0.717) is 18.0 Å². The van der Waals surface area contributed by atoms with E-state index in [0.717, 1.165) is 45.6 Å². The van der Waals surface area contributed by atoms with Gasteiger partial charge < -0.3 is 9.88 Å². The van der Waals surface area contributed by atoms with E-state index in [1.165, 1.54) is 34.3 Å². The van der Waals surface area contributed by atoms with Crippen molar-refractivity contribution in [3.05, 3.63) is 71.2 Å². The van der Waals surface area contributed by atoms with E-state index in [4.69, 9.17) is 0 Å². The highest BCUT2D eigenvalue weighted by Crippen LogP contribution is 2.31. The molecule has 1 unspecified atom stereocenters. The van der Waals surface area contributed by atoms with Crippen LogP contribution in [0, 0.1) is 5.82 Å². The van der Waals surface area contributed by atoms with Crippen molar-refractivity contribution in [3.8, 4) is 0 Å². The summed E-state index contributed by atoms with van der Waals surface area (Å²) in [5.74, 6) is -0.199. The number of carbonyl (C=O) groups is 1. The minimum Gasteiger partial charge on any atom is -0.357 e. The van der Waals surface area contributed by atoms with E-state index in [1.54, 1.807) is 12.1 Å². The smallest absolute Gasteiger partial charge is 0.162 e. The lowest BCUT2D eigenvalue weighted by molar-refractivity contribution is 0.0588. The van der Waals surface area contributed by atoms with Crippen LogP contribution in [0.1, 0.15) is 34.5 Å². The van der Waals surface area contributed by atoms with Gasteiger partial charge >= 0.3 is 0 Å². The summed E-state index contributed by atoms with van der Waals surface area (Å²) in [6.45, 7) is 5.13. The minimum atomic E-state index is -0.301. The fraction of sp³-hybridized carbons (Fsp3) is 0.375. The number of H-pyrrole nitrogens is 1. The van der Waals surface area contributed by atoms with Gasteiger partial charge in [0.25, 0.3) is 0 Å². The number of piperazine rings is 1. The number of ketones is 1. The largest absolute Gasteiger partial charge is 0.357 e. The van der Waals surface area contributed by atoms with E-state index in [1.807, 2.05) is 0 Å². The molecule has 3 heterocycles. The molecule has 2 aliphatic heterocycles. The minimum absolute atomic E-state index is 0.102. The number of para-hydroxylation sites is 1. The number of benzene rings is 2. The predicted molar refractivity (Wildman–Crippen MR) is 113 cm³/mol. The van der Waals surface area contributed by atoms with Gasteiger partial charge in [0.2, 0.25) is 0 Å². The highest BCUT2D eigenvalue weighted by Gasteiger charge is 2.33. The molecule has 1 aromatic heterocycles. The first-order valence-electron chi connectivity index (χ1n) is 10.5. The summed E-state index contributed by atoms with van der Waals surface area (Å²) < 4.78 is 13.0. The van der Waals surface area contributed by atoms with Crippen molar-refractivity contribution in [2.24, 2.45) is 0 Å². The number of nitrogens with one attached hydrogen (secondary N) is 1. The number of hydrogen-bond acceptors (Lipinski definition) is 3. The Balaban J connectivity index is 1.18. The van der Waals surface area contributed by atoms with Gasteiger partial charge in [-0.3, -0.25) is 9.69 Å². The summed E-state index contributed by atoms with van der Waals surface area (Å²) >= 11 is 0. The Morgan fingerprint density at radius 3 is 2.79 bits per heavy atom. The molecule has 2 aliphatic rings. The number of nitrogens with zero attached hydrogens (tertiary/aromatic N) is 2. The van der Waals surface area contributed by atoms with Gasteiger partial charge in [-0.1, -0.05) is 18.2 Å². The monoisotopic (exact) mass is 391 g/mol. The summed E-state index contributed by atoms with van der Waals surface area (Å²) in [7, 11) is 0. The van der Waals surface area contributed by atoms with Gasteiger partial charge in [0.05, 0.1) is 0 Å². The molecule has 0 radical (unpaired) electrons. The third-order valence-corrected chi connectivity index (χ3v) is 6.44. The molecule has 0 bridgehead atoms. The molecule has 0 saturated carbocycles. The van der Waals surface area contributed by atoms with E-state index in [-0.39, 0.29) is 11.6 Å². The molecule has 1 saturated heterocycles. The van der Waals surface area contributed by atoms with Crippen LogP contribution in [0.15, 0.2) is 48.5 Å². The number of aromatic nitrogens is 1. The molecule has 1 atom stereocenters. The standard InChI is InChI=1S/C24H26FN3O/c25-18-9-7-17(8-10-18)24(29)6-3-11-27-12-13-28-16-23-21(14-19(28)15-27)20-4-1-2-5-22(20)26-23/h1-2,4-5,7-10,19,26H,3,6,11-16H2. The summed E-state index contributed by atoms with van der Waals surface area (Å²) in [5.41, 5.74) is 4.71. The zero-order valence-corrected chi connectivity index (χ0v) is 16.5. The van der Waals surface area contributed by atoms with Gasteiger partial charge in [-0.05, 0) is 55.3 Å². The highest BCUT2D eigenvalue weighted by molar-refractivity contribution is 5.95. The Kier molecular flexibility index (Phi) is 4.94. The summed E-state index contributed by atoms with van der Waals surface area (Å²) in [6, 6.07) is 15.0. The topological polar surface area (TPSA) is 39.3 Å². The second kappa shape index (κ2) is 7.73. The third kappa shape index (κ3) is 3.72. The molecule has 5 heteroatoms. The van der Waals surface area contributed by atoms with Crippen molar-refractivity contribution < 1.29 is 9.18 Å². The predicted octanol–water partition coefficient (Wildman–Crippen LogP) is 4.01. The average Bonchev–Trinajstić information content (AvgIpc) is 3.10. The van der Waals surface area contributed by atoms with Crippen LogP contribution in [0.3, 0.4) is 0 Å². The Morgan fingerprint density at radius 2 is 1.93 bits per heavy atom. The van der Waals surface area contributed by atoms with Gasteiger partial charge in [0.15, 0.2) is 5.78 Å². The van der Waals surface area contributed by atoms with Crippen molar-refractivity contribution in [1.29, 1.82) is 0 Å². The fourth-order valence-corrected chi connectivity index (χ4v) is 4.87. The Morgan fingerprint density at radius 1 is 1.10 bits per heavy atom. The van der Waals surface area contributed by atoms with Crippen LogP contribution in [0.25, 0.3) is 10.9 Å². The van der Waals surface area contributed by atoms with E-state index < -0.39 is 0 Å². The molecule has 1 N–H and O–H groups in total. The van der Waals surface area contributed by atoms with Crippen molar-refractivity contribution in [1.82, 2.24) is 14.8 Å². The number of Topliss-reactive ketones (excluding diaryl/α,β-unsaturated/α-hetero) is 1. The van der Waals surface area contributed by atoms with Crippen LogP contribution in [-0.2, 0) is 13.0 Å². The van der Waals surface area contributed by atoms with Crippen LogP contribution in [0.4, 0.5) is 4.39 Å². The number of aromatic amines is 1. The van der Waals surface area contributed by atoms with Gasteiger partial charge in [0, 0.05) is 60.8 Å². The first-order valence-corrected chi connectivity index (χ1v) is 10.5.